The Kier molecular flexibility index (Phi) is 6.63. The molecule has 1 saturated heterocycles. The number of ether oxygens (including phenoxy) is 2. The molecule has 182 valence electrons. The number of primary amides is 1. The summed E-state index contributed by atoms with van der Waals surface area (Å²) in [6.07, 6.45) is 1.94. The molecule has 1 atom stereocenters. The van der Waals surface area contributed by atoms with Crippen molar-refractivity contribution in [2.75, 3.05) is 42.4 Å². The zero-order valence-electron chi connectivity index (χ0n) is 19.8. The number of amides is 1. The van der Waals surface area contributed by atoms with Crippen LogP contribution < -0.4 is 36.5 Å². The number of rotatable bonds is 9. The van der Waals surface area contributed by atoms with Crippen molar-refractivity contribution >= 4 is 28.7 Å². The standard InChI is InChI=1S/C27H31N5O3/c1-17-2-4-19(27(28)33)11-24(17)32-23-13-21(12-22(14-23)31-20-7-8-29-15-20)30-9-6-18-3-5-25-26(10-18)35-16-34-25/h2-5,10-14,20,29-32H,6-9,15-16H2,1H3,(H2,28,33)/t20-/m0/s1. The van der Waals surface area contributed by atoms with E-state index in [1.54, 1.807) is 12.1 Å². The second kappa shape index (κ2) is 10.1. The molecule has 8 heteroatoms. The van der Waals surface area contributed by atoms with Crippen molar-refractivity contribution in [2.45, 2.75) is 25.8 Å². The SMILES string of the molecule is Cc1ccc(C(N)=O)cc1Nc1cc(NCCc2ccc3c(c2)OCO3)cc(N[C@H]2CCNC2)c1. The summed E-state index contributed by atoms with van der Waals surface area (Å²) in [5, 5.41) is 14.1. The predicted octanol–water partition coefficient (Wildman–Crippen LogP) is 3.99. The van der Waals surface area contributed by atoms with Crippen molar-refractivity contribution in [1.82, 2.24) is 5.32 Å². The van der Waals surface area contributed by atoms with Gasteiger partial charge in [-0.05, 0) is 79.9 Å². The Morgan fingerprint density at radius 2 is 1.86 bits per heavy atom. The molecule has 2 heterocycles. The fourth-order valence-electron chi connectivity index (χ4n) is 4.41. The number of hydrogen-bond donors (Lipinski definition) is 5. The zero-order valence-corrected chi connectivity index (χ0v) is 19.8. The average Bonchev–Trinajstić information content (AvgIpc) is 3.52. The van der Waals surface area contributed by atoms with Crippen molar-refractivity contribution in [1.29, 1.82) is 0 Å². The first kappa shape index (κ1) is 22.9. The highest BCUT2D eigenvalue weighted by Crippen LogP contribution is 2.33. The van der Waals surface area contributed by atoms with Crippen LogP contribution in [0.25, 0.3) is 0 Å². The Morgan fingerprint density at radius 1 is 1.03 bits per heavy atom. The summed E-state index contributed by atoms with van der Waals surface area (Å²) in [6.45, 7) is 5.03. The molecule has 0 saturated carbocycles. The molecular weight excluding hydrogens is 442 g/mol. The van der Waals surface area contributed by atoms with Crippen LogP contribution in [0.15, 0.2) is 54.6 Å². The Morgan fingerprint density at radius 3 is 2.69 bits per heavy atom. The number of benzene rings is 3. The smallest absolute Gasteiger partial charge is 0.248 e. The fraction of sp³-hybridized carbons (Fsp3) is 0.296. The van der Waals surface area contributed by atoms with Gasteiger partial charge >= 0.3 is 0 Å². The molecule has 2 aliphatic rings. The van der Waals surface area contributed by atoms with Crippen LogP contribution in [0, 0.1) is 6.92 Å². The minimum absolute atomic E-state index is 0.283. The van der Waals surface area contributed by atoms with Crippen LogP contribution in [0.5, 0.6) is 11.5 Å². The third-order valence-corrected chi connectivity index (χ3v) is 6.34. The van der Waals surface area contributed by atoms with Gasteiger partial charge in [-0.2, -0.15) is 0 Å². The van der Waals surface area contributed by atoms with Crippen molar-refractivity contribution in [3.63, 3.8) is 0 Å². The Labute approximate surface area is 205 Å². The van der Waals surface area contributed by atoms with Gasteiger partial charge in [-0.15, -0.1) is 0 Å². The lowest BCUT2D eigenvalue weighted by molar-refractivity contribution is 0.100. The van der Waals surface area contributed by atoms with Gasteiger partial charge in [-0.1, -0.05) is 12.1 Å². The third-order valence-electron chi connectivity index (χ3n) is 6.34. The van der Waals surface area contributed by atoms with Gasteiger partial charge < -0.3 is 36.5 Å². The fourth-order valence-corrected chi connectivity index (χ4v) is 4.41. The molecule has 5 rings (SSSR count). The molecule has 0 radical (unpaired) electrons. The van der Waals surface area contributed by atoms with Crippen molar-refractivity contribution in [3.05, 3.63) is 71.3 Å². The van der Waals surface area contributed by atoms with E-state index in [4.69, 9.17) is 15.2 Å². The number of aryl methyl sites for hydroxylation is 1. The van der Waals surface area contributed by atoms with Gasteiger partial charge in [0.2, 0.25) is 12.7 Å². The van der Waals surface area contributed by atoms with E-state index >= 15 is 0 Å². The van der Waals surface area contributed by atoms with E-state index in [-0.39, 0.29) is 6.79 Å². The van der Waals surface area contributed by atoms with Crippen molar-refractivity contribution in [2.24, 2.45) is 5.73 Å². The second-order valence-corrected chi connectivity index (χ2v) is 9.02. The monoisotopic (exact) mass is 473 g/mol. The van der Waals surface area contributed by atoms with Crippen molar-refractivity contribution in [3.8, 4) is 11.5 Å². The first-order valence-corrected chi connectivity index (χ1v) is 12.0. The highest BCUT2D eigenvalue weighted by atomic mass is 16.7. The summed E-state index contributed by atoms with van der Waals surface area (Å²) in [5.74, 6) is 1.16. The highest BCUT2D eigenvalue weighted by molar-refractivity contribution is 5.94. The largest absolute Gasteiger partial charge is 0.454 e. The maximum absolute atomic E-state index is 11.7. The summed E-state index contributed by atoms with van der Waals surface area (Å²) in [4.78, 5) is 11.7. The van der Waals surface area contributed by atoms with E-state index in [0.29, 0.717) is 11.6 Å². The van der Waals surface area contributed by atoms with Crippen LogP contribution >= 0.6 is 0 Å². The summed E-state index contributed by atoms with van der Waals surface area (Å²) < 4.78 is 10.9. The zero-order chi connectivity index (χ0) is 24.2. The van der Waals surface area contributed by atoms with E-state index in [0.717, 1.165) is 72.3 Å². The molecule has 3 aromatic carbocycles. The first-order valence-electron chi connectivity index (χ1n) is 12.0. The van der Waals surface area contributed by atoms with Crippen LogP contribution in [0.3, 0.4) is 0 Å². The minimum Gasteiger partial charge on any atom is -0.454 e. The van der Waals surface area contributed by atoms with Crippen LogP contribution in [0.1, 0.15) is 27.9 Å². The Balaban J connectivity index is 1.33. The predicted molar refractivity (Wildman–Crippen MR) is 139 cm³/mol. The number of anilines is 4. The van der Waals surface area contributed by atoms with Crippen molar-refractivity contribution < 1.29 is 14.3 Å². The van der Waals surface area contributed by atoms with E-state index in [1.807, 2.05) is 25.1 Å². The normalized spacial score (nSPS) is 16.2. The number of nitrogens with one attached hydrogen (secondary N) is 4. The lowest BCUT2D eigenvalue weighted by atomic mass is 10.1. The molecule has 0 bridgehead atoms. The number of carbonyl (C=O) groups excluding carboxylic acids is 1. The van der Waals surface area contributed by atoms with Crippen LogP contribution in [-0.2, 0) is 6.42 Å². The van der Waals surface area contributed by atoms with E-state index in [1.165, 1.54) is 5.56 Å². The quantitative estimate of drug-likeness (QED) is 0.320. The van der Waals surface area contributed by atoms with E-state index < -0.39 is 5.91 Å². The molecule has 0 aromatic heterocycles. The maximum atomic E-state index is 11.7. The van der Waals surface area contributed by atoms with Gasteiger partial charge in [0, 0.05) is 47.4 Å². The first-order chi connectivity index (χ1) is 17.0. The van der Waals surface area contributed by atoms with Gasteiger partial charge in [0.1, 0.15) is 0 Å². The number of carbonyl (C=O) groups is 1. The van der Waals surface area contributed by atoms with Gasteiger partial charge in [0.25, 0.3) is 0 Å². The van der Waals surface area contributed by atoms with Crippen LogP contribution in [0.4, 0.5) is 22.7 Å². The molecule has 0 unspecified atom stereocenters. The molecule has 8 nitrogen and oxygen atoms in total. The lowest BCUT2D eigenvalue weighted by Gasteiger charge is -2.18. The minimum atomic E-state index is -0.442. The van der Waals surface area contributed by atoms with E-state index in [9.17, 15) is 4.79 Å². The van der Waals surface area contributed by atoms with Gasteiger partial charge in [0.15, 0.2) is 11.5 Å². The molecule has 0 aliphatic carbocycles. The molecule has 0 spiro atoms. The summed E-state index contributed by atoms with van der Waals surface area (Å²) in [5.41, 5.74) is 12.0. The third kappa shape index (κ3) is 5.60. The number of nitrogens with two attached hydrogens (primary N) is 1. The highest BCUT2D eigenvalue weighted by Gasteiger charge is 2.15. The molecule has 1 fully saturated rings. The summed E-state index contributed by atoms with van der Waals surface area (Å²) in [7, 11) is 0. The molecule has 2 aliphatic heterocycles. The lowest BCUT2D eigenvalue weighted by Crippen LogP contribution is -2.22. The molecule has 35 heavy (non-hydrogen) atoms. The maximum Gasteiger partial charge on any atom is 0.248 e. The molecular formula is C27H31N5O3. The van der Waals surface area contributed by atoms with Crippen LogP contribution in [0.2, 0.25) is 0 Å². The van der Waals surface area contributed by atoms with Gasteiger partial charge in [0.05, 0.1) is 0 Å². The van der Waals surface area contributed by atoms with Gasteiger partial charge in [-0.25, -0.2) is 0 Å². The summed E-state index contributed by atoms with van der Waals surface area (Å²) in [6, 6.07) is 18.2. The van der Waals surface area contributed by atoms with Gasteiger partial charge in [-0.3, -0.25) is 4.79 Å². The molecule has 1 amide bonds. The number of fused-ring (bicyclic) bond motifs is 1. The Bertz CT molecular complexity index is 1220. The second-order valence-electron chi connectivity index (χ2n) is 9.02. The van der Waals surface area contributed by atoms with E-state index in [2.05, 4.69) is 45.5 Å². The topological polar surface area (TPSA) is 110 Å². The average molecular weight is 474 g/mol. The Hall–Kier alpha value is -3.91. The number of hydrogen-bond acceptors (Lipinski definition) is 7. The molecule has 3 aromatic rings. The molecule has 6 N–H and O–H groups in total. The van der Waals surface area contributed by atoms with Crippen LogP contribution in [-0.4, -0.2) is 38.4 Å². The summed E-state index contributed by atoms with van der Waals surface area (Å²) >= 11 is 0.